The van der Waals surface area contributed by atoms with E-state index in [0.717, 1.165) is 11.9 Å². The highest BCUT2D eigenvalue weighted by Crippen LogP contribution is 2.43. The van der Waals surface area contributed by atoms with E-state index in [-0.39, 0.29) is 0 Å². The monoisotopic (exact) mass is 298 g/mol. The Balaban J connectivity index is 2.72. The van der Waals surface area contributed by atoms with Crippen LogP contribution in [0.15, 0.2) is 59.3 Å². The highest BCUT2D eigenvalue weighted by Gasteiger charge is 2.30. The van der Waals surface area contributed by atoms with Crippen molar-refractivity contribution in [2.24, 2.45) is 11.3 Å². The van der Waals surface area contributed by atoms with Crippen molar-refractivity contribution in [3.63, 3.8) is 0 Å². The largest absolute Gasteiger partial charge is 0.299 e. The standard InChI is InChI=1S/C21H30O/c1-17(9-6-10-18(2)14-16-22)11-7-13-20-19(3)12-8-15-21(20,4)5/h6-7,9-11,13-14,16,19H,8,12,15H2,1-5H3/b10-6+,11-7+,17-9+,18-14-,20-13+. The van der Waals surface area contributed by atoms with Gasteiger partial charge in [0.05, 0.1) is 0 Å². The van der Waals surface area contributed by atoms with Gasteiger partial charge in [-0.2, -0.15) is 0 Å². The zero-order valence-electron chi connectivity index (χ0n) is 14.7. The summed E-state index contributed by atoms with van der Waals surface area (Å²) in [5.41, 5.74) is 4.07. The molecule has 0 radical (unpaired) electrons. The molecule has 0 saturated heterocycles. The molecule has 1 rings (SSSR count). The first kappa shape index (κ1) is 18.4. The smallest absolute Gasteiger partial charge is 0.143 e. The molecule has 1 saturated carbocycles. The van der Waals surface area contributed by atoms with Crippen LogP contribution < -0.4 is 0 Å². The molecule has 1 unspecified atom stereocenters. The van der Waals surface area contributed by atoms with Crippen molar-refractivity contribution in [1.29, 1.82) is 0 Å². The molecule has 1 aliphatic carbocycles. The fraction of sp³-hybridized carbons (Fsp3) is 0.476. The van der Waals surface area contributed by atoms with Gasteiger partial charge in [-0.15, -0.1) is 0 Å². The van der Waals surface area contributed by atoms with Gasteiger partial charge in [-0.1, -0.05) is 74.8 Å². The first-order chi connectivity index (χ1) is 10.4. The summed E-state index contributed by atoms with van der Waals surface area (Å²) in [6.45, 7) is 11.1. The van der Waals surface area contributed by atoms with Gasteiger partial charge in [0, 0.05) is 0 Å². The molecule has 0 amide bonds. The fourth-order valence-corrected chi connectivity index (χ4v) is 3.08. The Morgan fingerprint density at radius 3 is 2.36 bits per heavy atom. The van der Waals surface area contributed by atoms with Crippen molar-refractivity contribution < 1.29 is 4.79 Å². The van der Waals surface area contributed by atoms with Gasteiger partial charge in [0.25, 0.3) is 0 Å². The second kappa shape index (κ2) is 8.73. The number of rotatable bonds is 5. The van der Waals surface area contributed by atoms with Gasteiger partial charge in [0.1, 0.15) is 6.29 Å². The summed E-state index contributed by atoms with van der Waals surface area (Å²) >= 11 is 0. The van der Waals surface area contributed by atoms with Crippen LogP contribution in [0.1, 0.15) is 53.9 Å². The van der Waals surface area contributed by atoms with E-state index in [2.05, 4.69) is 52.0 Å². The second-order valence-electron chi connectivity index (χ2n) is 6.97. The Morgan fingerprint density at radius 1 is 1.09 bits per heavy atom. The molecule has 0 aromatic rings. The highest BCUT2D eigenvalue weighted by atomic mass is 16.1. The van der Waals surface area contributed by atoms with Crippen molar-refractivity contribution in [1.82, 2.24) is 0 Å². The molecule has 0 aromatic carbocycles. The van der Waals surface area contributed by atoms with Crippen LogP contribution in [0, 0.1) is 11.3 Å². The lowest BCUT2D eigenvalue weighted by Gasteiger charge is -2.37. The zero-order chi connectivity index (χ0) is 16.6. The third-order valence-electron chi connectivity index (χ3n) is 4.44. The van der Waals surface area contributed by atoms with Crippen molar-refractivity contribution in [3.05, 3.63) is 59.3 Å². The van der Waals surface area contributed by atoms with Crippen LogP contribution in [0.4, 0.5) is 0 Å². The van der Waals surface area contributed by atoms with Crippen LogP contribution in [0.25, 0.3) is 0 Å². The van der Waals surface area contributed by atoms with E-state index in [9.17, 15) is 4.79 Å². The van der Waals surface area contributed by atoms with Crippen LogP contribution >= 0.6 is 0 Å². The molecule has 120 valence electrons. The van der Waals surface area contributed by atoms with E-state index < -0.39 is 0 Å². The van der Waals surface area contributed by atoms with Gasteiger partial charge in [0.15, 0.2) is 0 Å². The van der Waals surface area contributed by atoms with Crippen molar-refractivity contribution in [2.75, 3.05) is 0 Å². The summed E-state index contributed by atoms with van der Waals surface area (Å²) in [5.74, 6) is 0.689. The molecule has 0 bridgehead atoms. The third-order valence-corrected chi connectivity index (χ3v) is 4.44. The molecule has 0 spiro atoms. The number of hydrogen-bond donors (Lipinski definition) is 0. The summed E-state index contributed by atoms with van der Waals surface area (Å²) in [4.78, 5) is 10.3. The lowest BCUT2D eigenvalue weighted by atomic mass is 9.68. The molecule has 1 nitrogen and oxygen atoms in total. The lowest BCUT2D eigenvalue weighted by Crippen LogP contribution is -2.24. The Hall–Kier alpha value is -1.63. The molecule has 1 fully saturated rings. The molecule has 0 heterocycles. The van der Waals surface area contributed by atoms with Gasteiger partial charge >= 0.3 is 0 Å². The SMILES string of the molecule is CC(=C/C=O)/C=C/C=C(C)/C=C/C=C1\C(C)CCCC1(C)C. The predicted octanol–water partition coefficient (Wildman–Crippen LogP) is 5.96. The number of allylic oxidation sites excluding steroid dienone is 10. The van der Waals surface area contributed by atoms with Gasteiger partial charge in [-0.25, -0.2) is 0 Å². The second-order valence-corrected chi connectivity index (χ2v) is 6.97. The van der Waals surface area contributed by atoms with E-state index in [4.69, 9.17) is 0 Å². The maximum atomic E-state index is 10.3. The maximum absolute atomic E-state index is 10.3. The molecule has 22 heavy (non-hydrogen) atoms. The number of carbonyl (C=O) groups is 1. The average Bonchev–Trinajstić information content (AvgIpc) is 2.42. The zero-order valence-corrected chi connectivity index (χ0v) is 14.7. The minimum absolute atomic E-state index is 0.330. The van der Waals surface area contributed by atoms with Crippen molar-refractivity contribution in [3.8, 4) is 0 Å². The summed E-state index contributed by atoms with van der Waals surface area (Å²) in [6, 6.07) is 0. The first-order valence-corrected chi connectivity index (χ1v) is 8.22. The summed E-state index contributed by atoms with van der Waals surface area (Å²) in [7, 11) is 0. The Labute approximate surface area is 136 Å². The summed E-state index contributed by atoms with van der Waals surface area (Å²) in [5, 5.41) is 0. The number of carbonyl (C=O) groups excluding carboxylic acids is 1. The molecular weight excluding hydrogens is 268 g/mol. The van der Waals surface area contributed by atoms with Crippen molar-refractivity contribution in [2.45, 2.75) is 53.9 Å². The Bertz CT molecular complexity index is 524. The molecule has 1 aliphatic rings. The normalized spacial score (nSPS) is 25.3. The quantitative estimate of drug-likeness (QED) is 0.347. The number of hydrogen-bond acceptors (Lipinski definition) is 1. The highest BCUT2D eigenvalue weighted by molar-refractivity contribution is 5.66. The predicted molar refractivity (Wildman–Crippen MR) is 96.7 cm³/mol. The fourth-order valence-electron chi connectivity index (χ4n) is 3.08. The van der Waals surface area contributed by atoms with Crippen LogP contribution in [-0.2, 0) is 4.79 Å². The lowest BCUT2D eigenvalue weighted by molar-refractivity contribution is -0.104. The molecule has 0 aliphatic heterocycles. The topological polar surface area (TPSA) is 17.1 Å². The van der Waals surface area contributed by atoms with E-state index in [0.29, 0.717) is 11.3 Å². The van der Waals surface area contributed by atoms with Crippen LogP contribution in [0.2, 0.25) is 0 Å². The van der Waals surface area contributed by atoms with Gasteiger partial charge in [-0.3, -0.25) is 4.79 Å². The molecular formula is C21H30O. The van der Waals surface area contributed by atoms with E-state index in [1.54, 1.807) is 11.6 Å². The number of aldehydes is 1. The van der Waals surface area contributed by atoms with Crippen LogP contribution in [0.5, 0.6) is 0 Å². The summed E-state index contributed by atoms with van der Waals surface area (Å²) in [6.07, 6.45) is 18.9. The summed E-state index contributed by atoms with van der Waals surface area (Å²) < 4.78 is 0. The van der Waals surface area contributed by atoms with E-state index in [1.807, 2.05) is 19.1 Å². The Morgan fingerprint density at radius 2 is 1.73 bits per heavy atom. The van der Waals surface area contributed by atoms with Crippen LogP contribution in [0.3, 0.4) is 0 Å². The van der Waals surface area contributed by atoms with Crippen LogP contribution in [-0.4, -0.2) is 6.29 Å². The van der Waals surface area contributed by atoms with Crippen molar-refractivity contribution >= 4 is 6.29 Å². The van der Waals surface area contributed by atoms with Gasteiger partial charge in [0.2, 0.25) is 0 Å². The average molecular weight is 298 g/mol. The first-order valence-electron chi connectivity index (χ1n) is 8.22. The molecule has 0 N–H and O–H groups in total. The van der Waals surface area contributed by atoms with E-state index >= 15 is 0 Å². The molecule has 1 heteroatoms. The van der Waals surface area contributed by atoms with E-state index in [1.165, 1.54) is 24.8 Å². The van der Waals surface area contributed by atoms with Gasteiger partial charge in [-0.05, 0) is 49.7 Å². The van der Waals surface area contributed by atoms with Gasteiger partial charge < -0.3 is 0 Å². The third kappa shape index (κ3) is 6.01. The Kier molecular flexibility index (Phi) is 7.31. The maximum Gasteiger partial charge on any atom is 0.143 e. The molecule has 0 aromatic heterocycles. The minimum atomic E-state index is 0.330. The minimum Gasteiger partial charge on any atom is -0.299 e. The molecule has 1 atom stereocenters.